The van der Waals surface area contributed by atoms with Gasteiger partial charge in [-0.1, -0.05) is 0 Å². The Hall–Kier alpha value is -3.22. The lowest BCUT2D eigenvalue weighted by Crippen LogP contribution is -2.30. The van der Waals surface area contributed by atoms with Crippen LogP contribution in [0, 0.1) is 0 Å². The van der Waals surface area contributed by atoms with E-state index in [-0.39, 0.29) is 5.91 Å². The quantitative estimate of drug-likeness (QED) is 0.750. The maximum atomic E-state index is 12.2. The summed E-state index contributed by atoms with van der Waals surface area (Å²) in [5, 5.41) is 2.73. The average molecular weight is 328 g/mol. The smallest absolute Gasteiger partial charge is 0.417 e. The lowest BCUT2D eigenvalue weighted by molar-refractivity contribution is -0.122. The second-order valence-corrected chi connectivity index (χ2v) is 5.15. The second-order valence-electron chi connectivity index (χ2n) is 5.15. The summed E-state index contributed by atoms with van der Waals surface area (Å²) in [6.07, 6.45) is -0.697. The fraction of sp³-hybridized carbons (Fsp3) is 0.176. The van der Waals surface area contributed by atoms with Crippen LogP contribution in [0.25, 0.3) is 11.1 Å². The summed E-state index contributed by atoms with van der Waals surface area (Å²) in [6.45, 7) is 1.65. The molecule has 0 fully saturated rings. The predicted molar refractivity (Wildman–Crippen MR) is 88.5 cm³/mol. The van der Waals surface area contributed by atoms with Crippen molar-refractivity contribution in [3.05, 3.63) is 53.0 Å². The van der Waals surface area contributed by atoms with E-state index < -0.39 is 11.9 Å². The van der Waals surface area contributed by atoms with E-state index in [1.54, 1.807) is 56.5 Å². The van der Waals surface area contributed by atoms with Crippen LogP contribution in [0.5, 0.6) is 11.5 Å². The third-order valence-corrected chi connectivity index (χ3v) is 3.43. The number of aromatic nitrogens is 1. The molecule has 0 spiro atoms. The van der Waals surface area contributed by atoms with Crippen LogP contribution in [0.4, 0.5) is 5.69 Å². The number of H-pyrrole nitrogens is 1. The summed E-state index contributed by atoms with van der Waals surface area (Å²) in [5.74, 6) is 0.427. The maximum absolute atomic E-state index is 12.2. The van der Waals surface area contributed by atoms with Gasteiger partial charge in [-0.3, -0.25) is 9.78 Å². The summed E-state index contributed by atoms with van der Waals surface area (Å²) < 4.78 is 15.6. The Morgan fingerprint density at radius 2 is 1.88 bits per heavy atom. The Balaban J connectivity index is 1.66. The molecule has 1 unspecified atom stereocenters. The van der Waals surface area contributed by atoms with Gasteiger partial charge in [0, 0.05) is 5.69 Å². The number of hydrogen-bond donors (Lipinski definition) is 2. The SMILES string of the molecule is COc1ccc(OC(C)C(=O)Nc2ccc3oc(=O)[nH]c3c2)cc1. The molecule has 0 saturated carbocycles. The number of oxazole rings is 1. The zero-order valence-electron chi connectivity index (χ0n) is 13.2. The summed E-state index contributed by atoms with van der Waals surface area (Å²) >= 11 is 0. The topological polar surface area (TPSA) is 93.6 Å². The van der Waals surface area contributed by atoms with Gasteiger partial charge in [-0.2, -0.15) is 0 Å². The standard InChI is InChI=1S/C17H16N2O5/c1-10(23-13-6-4-12(22-2)5-7-13)16(20)18-11-3-8-15-14(9-11)19-17(21)24-15/h3-10H,1-2H3,(H,18,20)(H,19,21). The molecule has 124 valence electrons. The van der Waals surface area contributed by atoms with Gasteiger partial charge in [0.1, 0.15) is 11.5 Å². The first-order valence-corrected chi connectivity index (χ1v) is 7.29. The van der Waals surface area contributed by atoms with Crippen molar-refractivity contribution < 1.29 is 18.7 Å². The monoisotopic (exact) mass is 328 g/mol. The van der Waals surface area contributed by atoms with Gasteiger partial charge in [-0.25, -0.2) is 4.79 Å². The first kappa shape index (κ1) is 15.7. The molecule has 0 radical (unpaired) electrons. The average Bonchev–Trinajstić information content (AvgIpc) is 2.94. The van der Waals surface area contributed by atoms with Crippen LogP contribution in [0.3, 0.4) is 0 Å². The van der Waals surface area contributed by atoms with Crippen molar-refractivity contribution in [3.63, 3.8) is 0 Å². The lowest BCUT2D eigenvalue weighted by atomic mass is 10.2. The zero-order chi connectivity index (χ0) is 17.1. The van der Waals surface area contributed by atoms with E-state index in [2.05, 4.69) is 10.3 Å². The van der Waals surface area contributed by atoms with Crippen molar-refractivity contribution in [2.24, 2.45) is 0 Å². The normalized spacial score (nSPS) is 11.9. The molecule has 3 aromatic rings. The van der Waals surface area contributed by atoms with Crippen molar-refractivity contribution in [2.45, 2.75) is 13.0 Å². The highest BCUT2D eigenvalue weighted by atomic mass is 16.5. The Kier molecular flexibility index (Phi) is 4.24. The molecule has 0 saturated heterocycles. The number of carbonyl (C=O) groups excluding carboxylic acids is 1. The zero-order valence-corrected chi connectivity index (χ0v) is 13.2. The van der Waals surface area contributed by atoms with Gasteiger partial charge < -0.3 is 19.2 Å². The largest absolute Gasteiger partial charge is 0.497 e. The minimum absolute atomic E-state index is 0.309. The number of aromatic amines is 1. The molecular formula is C17H16N2O5. The Morgan fingerprint density at radius 1 is 1.17 bits per heavy atom. The van der Waals surface area contributed by atoms with Gasteiger partial charge in [0.25, 0.3) is 5.91 Å². The number of rotatable bonds is 5. The molecule has 7 nitrogen and oxygen atoms in total. The molecule has 2 N–H and O–H groups in total. The minimum atomic E-state index is -0.697. The first-order valence-electron chi connectivity index (χ1n) is 7.29. The molecule has 1 aromatic heterocycles. The molecular weight excluding hydrogens is 312 g/mol. The number of anilines is 1. The van der Waals surface area contributed by atoms with Gasteiger partial charge in [-0.05, 0) is 49.4 Å². The number of fused-ring (bicyclic) bond motifs is 1. The van der Waals surface area contributed by atoms with E-state index in [9.17, 15) is 9.59 Å². The molecule has 7 heteroatoms. The highest BCUT2D eigenvalue weighted by Crippen LogP contribution is 2.19. The number of nitrogens with one attached hydrogen (secondary N) is 2. The Labute approximate surface area is 137 Å². The molecule has 1 amide bonds. The van der Waals surface area contributed by atoms with Crippen molar-refractivity contribution in [2.75, 3.05) is 12.4 Å². The van der Waals surface area contributed by atoms with Crippen LogP contribution in [-0.2, 0) is 4.79 Å². The highest BCUT2D eigenvalue weighted by molar-refractivity contribution is 5.95. The number of amides is 1. The first-order chi connectivity index (χ1) is 11.5. The number of hydrogen-bond acceptors (Lipinski definition) is 5. The van der Waals surface area contributed by atoms with Crippen LogP contribution < -0.4 is 20.5 Å². The Morgan fingerprint density at radius 3 is 2.58 bits per heavy atom. The van der Waals surface area contributed by atoms with Gasteiger partial charge in [0.2, 0.25) is 0 Å². The molecule has 2 aromatic carbocycles. The maximum Gasteiger partial charge on any atom is 0.417 e. The van der Waals surface area contributed by atoms with Crippen molar-refractivity contribution in [1.29, 1.82) is 0 Å². The third-order valence-electron chi connectivity index (χ3n) is 3.43. The van der Waals surface area contributed by atoms with Crippen LogP contribution in [0.15, 0.2) is 51.7 Å². The van der Waals surface area contributed by atoms with E-state index in [0.29, 0.717) is 28.3 Å². The van der Waals surface area contributed by atoms with Crippen molar-refractivity contribution in [1.82, 2.24) is 4.98 Å². The number of carbonyl (C=O) groups is 1. The Bertz CT molecular complexity index is 911. The summed E-state index contributed by atoms with van der Waals surface area (Å²) in [4.78, 5) is 25.9. The summed E-state index contributed by atoms with van der Waals surface area (Å²) in [5.41, 5.74) is 1.48. The fourth-order valence-corrected chi connectivity index (χ4v) is 2.19. The molecule has 0 aliphatic carbocycles. The van der Waals surface area contributed by atoms with E-state index in [0.717, 1.165) is 0 Å². The number of benzene rings is 2. The van der Waals surface area contributed by atoms with Crippen molar-refractivity contribution in [3.8, 4) is 11.5 Å². The van der Waals surface area contributed by atoms with E-state index >= 15 is 0 Å². The fourth-order valence-electron chi connectivity index (χ4n) is 2.19. The summed E-state index contributed by atoms with van der Waals surface area (Å²) in [7, 11) is 1.58. The highest BCUT2D eigenvalue weighted by Gasteiger charge is 2.15. The molecule has 1 heterocycles. The summed E-state index contributed by atoms with van der Waals surface area (Å²) in [6, 6.07) is 11.8. The second kappa shape index (κ2) is 6.49. The molecule has 3 rings (SSSR count). The number of ether oxygens (including phenoxy) is 2. The van der Waals surface area contributed by atoms with E-state index in [1.165, 1.54) is 0 Å². The van der Waals surface area contributed by atoms with Gasteiger partial charge in [-0.15, -0.1) is 0 Å². The lowest BCUT2D eigenvalue weighted by Gasteiger charge is -2.15. The van der Waals surface area contributed by atoms with Crippen LogP contribution in [-0.4, -0.2) is 24.1 Å². The molecule has 0 aliphatic heterocycles. The minimum Gasteiger partial charge on any atom is -0.497 e. The van der Waals surface area contributed by atoms with Crippen molar-refractivity contribution >= 4 is 22.7 Å². The van der Waals surface area contributed by atoms with Crippen LogP contribution in [0.2, 0.25) is 0 Å². The van der Waals surface area contributed by atoms with Crippen LogP contribution >= 0.6 is 0 Å². The van der Waals surface area contributed by atoms with Gasteiger partial charge in [0.15, 0.2) is 11.7 Å². The van der Waals surface area contributed by atoms with Gasteiger partial charge >= 0.3 is 5.76 Å². The third kappa shape index (κ3) is 3.40. The van der Waals surface area contributed by atoms with Gasteiger partial charge in [0.05, 0.1) is 12.6 Å². The molecule has 24 heavy (non-hydrogen) atoms. The number of methoxy groups -OCH3 is 1. The van der Waals surface area contributed by atoms with E-state index in [4.69, 9.17) is 13.9 Å². The predicted octanol–water partition coefficient (Wildman–Crippen LogP) is 2.54. The molecule has 1 atom stereocenters. The molecule has 0 bridgehead atoms. The molecule has 0 aliphatic rings. The van der Waals surface area contributed by atoms with E-state index in [1.807, 2.05) is 0 Å². The van der Waals surface area contributed by atoms with Crippen LogP contribution in [0.1, 0.15) is 6.92 Å².